The predicted molar refractivity (Wildman–Crippen MR) is 199 cm³/mol. The molecule has 1 aliphatic rings. The SMILES string of the molecule is CC(O)C(=O)O.CCCCCCCCC1CCCCC1.CO.CO.O=C(O)CCC(=O)O.O=C(O)CCCCC(=O)O.O=C(O)c1ccc(C(=O)O)cc1. The molecule has 1 atom stereocenters. The fraction of sp³-hybridized carbons (Fsp3) is 0.649. The third-order valence-corrected chi connectivity index (χ3v) is 7.01. The van der Waals surface area contributed by atoms with Crippen LogP contribution < -0.4 is 0 Å². The molecule has 2 rings (SSSR count). The number of unbranched alkanes of at least 4 members (excludes halogenated alkanes) is 6. The van der Waals surface area contributed by atoms with Crippen LogP contribution in [0.5, 0.6) is 0 Å². The molecule has 17 heteroatoms. The summed E-state index contributed by atoms with van der Waals surface area (Å²) in [5, 5.41) is 78.8. The van der Waals surface area contributed by atoms with E-state index in [-0.39, 0.29) is 36.8 Å². The fourth-order valence-corrected chi connectivity index (χ4v) is 4.21. The Morgan fingerprint density at radius 3 is 1.13 bits per heavy atom. The molecule has 314 valence electrons. The Kier molecular flexibility index (Phi) is 46.5. The van der Waals surface area contributed by atoms with Gasteiger partial charge in [0.2, 0.25) is 0 Å². The van der Waals surface area contributed by atoms with E-state index >= 15 is 0 Å². The number of aliphatic carboxylic acids is 5. The van der Waals surface area contributed by atoms with Crippen LogP contribution >= 0.6 is 0 Å². The smallest absolute Gasteiger partial charge is 0.335 e. The predicted octanol–water partition coefficient (Wildman–Crippen LogP) is 5.72. The van der Waals surface area contributed by atoms with E-state index in [1.165, 1.54) is 108 Å². The number of hydrogen-bond acceptors (Lipinski definition) is 10. The second-order valence-electron chi connectivity index (χ2n) is 11.5. The lowest BCUT2D eigenvalue weighted by Gasteiger charge is -2.21. The number of rotatable bonds is 18. The van der Waals surface area contributed by atoms with Gasteiger partial charge < -0.3 is 51.1 Å². The molecule has 1 aromatic carbocycles. The highest BCUT2D eigenvalue weighted by atomic mass is 16.4. The second kappa shape index (κ2) is 42.8. The number of aromatic carboxylic acids is 2. The van der Waals surface area contributed by atoms with Crippen molar-refractivity contribution in [2.75, 3.05) is 14.2 Å². The molecule has 0 radical (unpaired) electrons. The van der Waals surface area contributed by atoms with E-state index in [0.717, 1.165) is 20.1 Å². The highest BCUT2D eigenvalue weighted by Gasteiger charge is 2.12. The van der Waals surface area contributed by atoms with Crippen molar-refractivity contribution in [3.05, 3.63) is 35.4 Å². The van der Waals surface area contributed by atoms with Gasteiger partial charge in [0, 0.05) is 27.1 Å². The Labute approximate surface area is 317 Å². The van der Waals surface area contributed by atoms with Crippen LogP contribution in [0, 0.1) is 5.92 Å². The zero-order valence-electron chi connectivity index (χ0n) is 32.0. The largest absolute Gasteiger partial charge is 0.481 e. The molecule has 17 nitrogen and oxygen atoms in total. The summed E-state index contributed by atoms with van der Waals surface area (Å²) in [5.41, 5.74) is 0.167. The van der Waals surface area contributed by atoms with Gasteiger partial charge in [0.05, 0.1) is 24.0 Å². The third-order valence-electron chi connectivity index (χ3n) is 7.01. The first-order valence-electron chi connectivity index (χ1n) is 17.7. The lowest BCUT2D eigenvalue weighted by molar-refractivity contribution is -0.145. The van der Waals surface area contributed by atoms with Crippen LogP contribution in [0.3, 0.4) is 0 Å². The molecule has 0 aromatic heterocycles. The molecule has 10 N–H and O–H groups in total. The van der Waals surface area contributed by atoms with Gasteiger partial charge in [-0.2, -0.15) is 0 Å². The molecule has 0 heterocycles. The van der Waals surface area contributed by atoms with E-state index in [0.29, 0.717) is 12.8 Å². The van der Waals surface area contributed by atoms with E-state index in [1.807, 2.05) is 0 Å². The number of aliphatic hydroxyl groups is 3. The Hall–Kier alpha value is -4.61. The summed E-state index contributed by atoms with van der Waals surface area (Å²) in [6.45, 7) is 3.49. The van der Waals surface area contributed by atoms with Crippen LogP contribution in [-0.4, -0.2) is 113 Å². The minimum Gasteiger partial charge on any atom is -0.481 e. The summed E-state index contributed by atoms with van der Waals surface area (Å²) in [6.07, 6.45) is 17.1. The summed E-state index contributed by atoms with van der Waals surface area (Å²) in [5.74, 6) is -6.10. The summed E-state index contributed by atoms with van der Waals surface area (Å²) in [4.78, 5) is 69.2. The molecule has 0 saturated heterocycles. The van der Waals surface area contributed by atoms with Crippen molar-refractivity contribution in [2.24, 2.45) is 5.92 Å². The molecule has 1 aliphatic carbocycles. The molecule has 0 bridgehead atoms. The van der Waals surface area contributed by atoms with Gasteiger partial charge in [0.15, 0.2) is 0 Å². The molecule has 54 heavy (non-hydrogen) atoms. The Morgan fingerprint density at radius 1 is 0.537 bits per heavy atom. The highest BCUT2D eigenvalue weighted by Crippen LogP contribution is 2.28. The summed E-state index contributed by atoms with van der Waals surface area (Å²) < 4.78 is 0. The molecule has 0 aliphatic heterocycles. The van der Waals surface area contributed by atoms with Crippen molar-refractivity contribution in [2.45, 2.75) is 136 Å². The standard InChI is InChI=1S/C14H28.C8H6O4.C6H10O4.C4H6O4.C3H6O3.2CH4O/c1-2-3-4-5-6-8-11-14-12-9-7-10-13-14;9-7(10)5-1-2-6(4-3-5)8(11)12;7-5(8)3-1-2-4-6(9)10;5-3(6)1-2-4(7)8;1-2(4)3(5)6;2*1-2/h14H,2-13H2,1H3;1-4H,(H,9,10)(H,11,12);1-4H2,(H,7,8)(H,9,10);1-2H2,(H,5,6)(H,7,8);2,4H,1H3,(H,5,6);2*2H,1H3. The summed E-state index contributed by atoms with van der Waals surface area (Å²) >= 11 is 0. The number of carbonyl (C=O) groups is 7. The van der Waals surface area contributed by atoms with Gasteiger partial charge in [-0.25, -0.2) is 14.4 Å². The van der Waals surface area contributed by atoms with Gasteiger partial charge in [-0.15, -0.1) is 0 Å². The van der Waals surface area contributed by atoms with Crippen LogP contribution in [-0.2, 0) is 24.0 Å². The Balaban J connectivity index is -0.000000185. The monoisotopic (exact) mass is 780 g/mol. The van der Waals surface area contributed by atoms with Gasteiger partial charge in [-0.1, -0.05) is 84.0 Å². The molecular weight excluding hydrogens is 716 g/mol. The third kappa shape index (κ3) is 49.5. The van der Waals surface area contributed by atoms with Crippen molar-refractivity contribution in [3.8, 4) is 0 Å². The van der Waals surface area contributed by atoms with Crippen LogP contribution in [0.4, 0.5) is 0 Å². The van der Waals surface area contributed by atoms with Gasteiger partial charge in [-0.05, 0) is 49.9 Å². The van der Waals surface area contributed by atoms with Gasteiger partial charge in [0.1, 0.15) is 6.10 Å². The molecule has 1 aromatic rings. The van der Waals surface area contributed by atoms with Crippen LogP contribution in [0.15, 0.2) is 24.3 Å². The quantitative estimate of drug-likeness (QED) is 0.0796. The maximum Gasteiger partial charge on any atom is 0.335 e. The number of carboxylic acids is 7. The van der Waals surface area contributed by atoms with Gasteiger partial charge in [0.25, 0.3) is 0 Å². The first-order valence-corrected chi connectivity index (χ1v) is 17.7. The van der Waals surface area contributed by atoms with Crippen LogP contribution in [0.2, 0.25) is 0 Å². The lowest BCUT2D eigenvalue weighted by Crippen LogP contribution is -2.13. The molecule has 1 saturated carbocycles. The molecule has 1 unspecified atom stereocenters. The van der Waals surface area contributed by atoms with E-state index < -0.39 is 47.9 Å². The van der Waals surface area contributed by atoms with Crippen molar-refractivity contribution >= 4 is 41.8 Å². The Bertz CT molecular complexity index is 1050. The van der Waals surface area contributed by atoms with Crippen LogP contribution in [0.25, 0.3) is 0 Å². The van der Waals surface area contributed by atoms with E-state index in [1.54, 1.807) is 0 Å². The van der Waals surface area contributed by atoms with Crippen molar-refractivity contribution in [1.82, 2.24) is 0 Å². The summed E-state index contributed by atoms with van der Waals surface area (Å²) in [7, 11) is 2.00. The Morgan fingerprint density at radius 2 is 0.852 bits per heavy atom. The zero-order valence-corrected chi connectivity index (χ0v) is 32.0. The van der Waals surface area contributed by atoms with E-state index in [2.05, 4.69) is 6.92 Å². The average molecular weight is 781 g/mol. The van der Waals surface area contributed by atoms with Gasteiger partial charge >= 0.3 is 41.8 Å². The molecule has 1 fully saturated rings. The maximum absolute atomic E-state index is 10.3. The number of aliphatic hydroxyl groups excluding tert-OH is 3. The second-order valence-corrected chi connectivity index (χ2v) is 11.5. The first kappa shape index (κ1) is 58.7. The van der Waals surface area contributed by atoms with Crippen molar-refractivity contribution in [1.29, 1.82) is 0 Å². The summed E-state index contributed by atoms with van der Waals surface area (Å²) in [6, 6.07) is 5.02. The number of carboxylic acid groups (broad SMARTS) is 7. The van der Waals surface area contributed by atoms with Crippen molar-refractivity contribution in [3.63, 3.8) is 0 Å². The minimum atomic E-state index is -1.23. The molecule has 0 amide bonds. The normalized spacial score (nSPS) is 11.6. The van der Waals surface area contributed by atoms with Crippen LogP contribution in [0.1, 0.15) is 150 Å². The number of hydrogen-bond donors (Lipinski definition) is 10. The number of benzene rings is 1. The topological polar surface area (TPSA) is 322 Å². The van der Waals surface area contributed by atoms with Gasteiger partial charge in [-0.3, -0.25) is 19.2 Å². The first-order chi connectivity index (χ1) is 25.4. The molecule has 0 spiro atoms. The average Bonchev–Trinajstić information content (AvgIpc) is 3.14. The highest BCUT2D eigenvalue weighted by molar-refractivity contribution is 5.91. The molecular formula is C37H64O17. The lowest BCUT2D eigenvalue weighted by atomic mass is 9.85. The van der Waals surface area contributed by atoms with E-state index in [9.17, 15) is 33.6 Å². The fourth-order valence-electron chi connectivity index (χ4n) is 4.21. The zero-order chi connectivity index (χ0) is 42.9. The maximum atomic E-state index is 10.3. The van der Waals surface area contributed by atoms with E-state index in [4.69, 9.17) is 51.1 Å². The minimum absolute atomic E-state index is 0.0628. The van der Waals surface area contributed by atoms with Crippen molar-refractivity contribution < 1.29 is 84.6 Å².